The monoisotopic (exact) mass is 361 g/mol. The number of nitrogens with one attached hydrogen (secondary N) is 1. The van der Waals surface area contributed by atoms with E-state index in [0.717, 1.165) is 37.1 Å². The van der Waals surface area contributed by atoms with E-state index >= 15 is 0 Å². The summed E-state index contributed by atoms with van der Waals surface area (Å²) < 4.78 is 16.9. The van der Waals surface area contributed by atoms with Crippen LogP contribution in [0.25, 0.3) is 0 Å². The minimum absolute atomic E-state index is 0.00650. The Labute approximate surface area is 158 Å². The third kappa shape index (κ3) is 5.14. The van der Waals surface area contributed by atoms with Crippen LogP contribution in [0.4, 0.5) is 0 Å². The van der Waals surface area contributed by atoms with Crippen molar-refractivity contribution in [1.29, 1.82) is 0 Å². The SMILES string of the molecule is CC(C)CC[C@]1(CCNCc2ccc3c(c2)OCO3)CCOC(C)(C)C1. The highest BCUT2D eigenvalue weighted by Crippen LogP contribution is 2.45. The highest BCUT2D eigenvalue weighted by molar-refractivity contribution is 5.44. The molecular weight excluding hydrogens is 326 g/mol. The van der Waals surface area contributed by atoms with Gasteiger partial charge in [-0.15, -0.1) is 0 Å². The highest BCUT2D eigenvalue weighted by Gasteiger charge is 2.40. The molecule has 0 amide bonds. The second kappa shape index (κ2) is 8.18. The first-order valence-corrected chi connectivity index (χ1v) is 10.1. The molecule has 2 aliphatic rings. The summed E-state index contributed by atoms with van der Waals surface area (Å²) >= 11 is 0. The van der Waals surface area contributed by atoms with Crippen LogP contribution in [0.1, 0.15) is 65.4 Å². The zero-order valence-electron chi connectivity index (χ0n) is 16.9. The Balaban J connectivity index is 1.52. The van der Waals surface area contributed by atoms with Gasteiger partial charge in [-0.1, -0.05) is 26.3 Å². The van der Waals surface area contributed by atoms with Gasteiger partial charge in [0.2, 0.25) is 6.79 Å². The molecule has 1 fully saturated rings. The van der Waals surface area contributed by atoms with Gasteiger partial charge in [0.15, 0.2) is 11.5 Å². The maximum absolute atomic E-state index is 6.00. The highest BCUT2D eigenvalue weighted by atomic mass is 16.7. The largest absolute Gasteiger partial charge is 0.454 e. The molecule has 0 spiro atoms. The van der Waals surface area contributed by atoms with Crippen molar-refractivity contribution >= 4 is 0 Å². The lowest BCUT2D eigenvalue weighted by Gasteiger charge is -2.45. The molecule has 26 heavy (non-hydrogen) atoms. The fraction of sp³-hybridized carbons (Fsp3) is 0.727. The summed E-state index contributed by atoms with van der Waals surface area (Å²) in [6, 6.07) is 6.21. The lowest BCUT2D eigenvalue weighted by molar-refractivity contribution is -0.110. The summed E-state index contributed by atoms with van der Waals surface area (Å²) in [4.78, 5) is 0. The Kier molecular flexibility index (Phi) is 6.13. The number of ether oxygens (including phenoxy) is 3. The van der Waals surface area contributed by atoms with Crippen LogP contribution < -0.4 is 14.8 Å². The van der Waals surface area contributed by atoms with Crippen LogP contribution in [0.2, 0.25) is 0 Å². The fourth-order valence-corrected chi connectivity index (χ4v) is 4.37. The van der Waals surface area contributed by atoms with Gasteiger partial charge in [-0.2, -0.15) is 0 Å². The van der Waals surface area contributed by atoms with Crippen LogP contribution in [0.5, 0.6) is 11.5 Å². The molecular formula is C22H35NO3. The molecule has 1 aromatic carbocycles. The first kappa shape index (κ1) is 19.5. The zero-order chi connectivity index (χ0) is 18.6. The molecule has 146 valence electrons. The Morgan fingerprint density at radius 1 is 1.12 bits per heavy atom. The van der Waals surface area contributed by atoms with Crippen molar-refractivity contribution in [2.75, 3.05) is 19.9 Å². The summed E-state index contributed by atoms with van der Waals surface area (Å²) in [6.45, 7) is 12.3. The van der Waals surface area contributed by atoms with E-state index in [2.05, 4.69) is 45.1 Å². The van der Waals surface area contributed by atoms with E-state index in [0.29, 0.717) is 12.2 Å². The van der Waals surface area contributed by atoms with Crippen molar-refractivity contribution in [2.24, 2.45) is 11.3 Å². The van der Waals surface area contributed by atoms with E-state index in [1.165, 1.54) is 37.7 Å². The van der Waals surface area contributed by atoms with Crippen molar-refractivity contribution in [2.45, 2.75) is 71.9 Å². The molecule has 3 rings (SSSR count). The van der Waals surface area contributed by atoms with Crippen LogP contribution in [0.3, 0.4) is 0 Å². The van der Waals surface area contributed by atoms with Gasteiger partial charge in [0, 0.05) is 13.2 Å². The van der Waals surface area contributed by atoms with Gasteiger partial charge >= 0.3 is 0 Å². The van der Waals surface area contributed by atoms with E-state index < -0.39 is 0 Å². The molecule has 4 heteroatoms. The van der Waals surface area contributed by atoms with Crippen molar-refractivity contribution in [3.05, 3.63) is 23.8 Å². The van der Waals surface area contributed by atoms with E-state index in [9.17, 15) is 0 Å². The minimum Gasteiger partial charge on any atom is -0.454 e. The zero-order valence-corrected chi connectivity index (χ0v) is 16.9. The quantitative estimate of drug-likeness (QED) is 0.668. The summed E-state index contributed by atoms with van der Waals surface area (Å²) in [5, 5.41) is 3.64. The Morgan fingerprint density at radius 3 is 2.69 bits per heavy atom. The minimum atomic E-state index is 0.00650. The molecule has 4 nitrogen and oxygen atoms in total. The molecule has 1 aromatic rings. The number of hydrogen-bond donors (Lipinski definition) is 1. The van der Waals surface area contributed by atoms with Gasteiger partial charge in [0.1, 0.15) is 0 Å². The van der Waals surface area contributed by atoms with E-state index in [1.54, 1.807) is 0 Å². The lowest BCUT2D eigenvalue weighted by atomic mass is 9.68. The number of rotatable bonds is 8. The number of fused-ring (bicyclic) bond motifs is 1. The third-order valence-corrected chi connectivity index (χ3v) is 5.78. The molecule has 0 aliphatic carbocycles. The first-order valence-electron chi connectivity index (χ1n) is 10.1. The molecule has 0 radical (unpaired) electrons. The molecule has 0 aromatic heterocycles. The molecule has 2 aliphatic heterocycles. The van der Waals surface area contributed by atoms with E-state index in [1.807, 2.05) is 6.07 Å². The maximum Gasteiger partial charge on any atom is 0.231 e. The van der Waals surface area contributed by atoms with Crippen LogP contribution in [0.15, 0.2) is 18.2 Å². The molecule has 1 N–H and O–H groups in total. The smallest absolute Gasteiger partial charge is 0.231 e. The van der Waals surface area contributed by atoms with Gasteiger partial charge in [0.05, 0.1) is 5.60 Å². The predicted molar refractivity (Wildman–Crippen MR) is 105 cm³/mol. The Bertz CT molecular complexity index is 599. The van der Waals surface area contributed by atoms with Gasteiger partial charge in [-0.3, -0.25) is 0 Å². The first-order chi connectivity index (χ1) is 12.4. The van der Waals surface area contributed by atoms with Gasteiger partial charge in [-0.25, -0.2) is 0 Å². The van der Waals surface area contributed by atoms with Crippen molar-refractivity contribution in [1.82, 2.24) is 5.32 Å². The maximum atomic E-state index is 6.00. The van der Waals surface area contributed by atoms with Crippen molar-refractivity contribution in [3.63, 3.8) is 0 Å². The Morgan fingerprint density at radius 2 is 1.92 bits per heavy atom. The van der Waals surface area contributed by atoms with Crippen LogP contribution in [-0.2, 0) is 11.3 Å². The summed E-state index contributed by atoms with van der Waals surface area (Å²) in [6.07, 6.45) is 6.19. The average Bonchev–Trinajstić information content (AvgIpc) is 3.04. The summed E-state index contributed by atoms with van der Waals surface area (Å²) in [7, 11) is 0. The molecule has 2 heterocycles. The Hall–Kier alpha value is -1.26. The lowest BCUT2D eigenvalue weighted by Crippen LogP contribution is -2.42. The van der Waals surface area contributed by atoms with Crippen LogP contribution >= 0.6 is 0 Å². The van der Waals surface area contributed by atoms with Gasteiger partial charge < -0.3 is 19.5 Å². The van der Waals surface area contributed by atoms with Crippen LogP contribution in [0, 0.1) is 11.3 Å². The van der Waals surface area contributed by atoms with Gasteiger partial charge in [0.25, 0.3) is 0 Å². The van der Waals surface area contributed by atoms with Crippen molar-refractivity contribution in [3.8, 4) is 11.5 Å². The second-order valence-electron chi connectivity index (χ2n) is 9.08. The average molecular weight is 362 g/mol. The number of hydrogen-bond acceptors (Lipinski definition) is 4. The number of benzene rings is 1. The molecule has 0 bridgehead atoms. The summed E-state index contributed by atoms with van der Waals surface area (Å²) in [5.74, 6) is 2.48. The molecule has 0 saturated carbocycles. The second-order valence-corrected chi connectivity index (χ2v) is 9.08. The van der Waals surface area contributed by atoms with Crippen LogP contribution in [-0.4, -0.2) is 25.5 Å². The molecule has 0 unspecified atom stereocenters. The van der Waals surface area contributed by atoms with Gasteiger partial charge in [-0.05, 0) is 75.1 Å². The molecule has 1 atom stereocenters. The predicted octanol–water partition coefficient (Wildman–Crippen LogP) is 4.91. The van der Waals surface area contributed by atoms with E-state index in [-0.39, 0.29) is 5.60 Å². The third-order valence-electron chi connectivity index (χ3n) is 5.78. The van der Waals surface area contributed by atoms with E-state index in [4.69, 9.17) is 14.2 Å². The topological polar surface area (TPSA) is 39.7 Å². The molecule has 1 saturated heterocycles. The standard InChI is InChI=1S/C22H35NO3/c1-17(2)7-8-22(10-12-26-21(3,4)15-22)9-11-23-14-18-5-6-19-20(13-18)25-16-24-19/h5-6,13,17,23H,7-12,14-16H2,1-4H3/t22-/m0/s1. The summed E-state index contributed by atoms with van der Waals surface area (Å²) in [5.41, 5.74) is 1.67. The van der Waals surface area contributed by atoms with Crippen molar-refractivity contribution < 1.29 is 14.2 Å². The fourth-order valence-electron chi connectivity index (χ4n) is 4.37. The normalized spacial score (nSPS) is 24.2.